The van der Waals surface area contributed by atoms with Crippen molar-refractivity contribution in [1.82, 2.24) is 24.4 Å². The molecule has 0 saturated carbocycles. The SMILES string of the molecule is CC[C@@H](C)[C@@H](COC(=O)NS(=O)(=O)c1ccc(-n2nc(C(F)(F)F)cc2-c2ccc(C)cc2)cc1)N(C)/[N+]([O-])=N/OC(C)N1C(=O)c2ccccc2C1=O. The van der Waals surface area contributed by atoms with E-state index in [1.54, 1.807) is 48.0 Å². The van der Waals surface area contributed by atoms with E-state index in [1.807, 2.05) is 13.8 Å². The lowest BCUT2D eigenvalue weighted by Gasteiger charge is -2.28. The Hall–Kier alpha value is -5.98. The summed E-state index contributed by atoms with van der Waals surface area (Å²) in [4.78, 5) is 43.8. The molecule has 0 radical (unpaired) electrons. The summed E-state index contributed by atoms with van der Waals surface area (Å²) >= 11 is 0. The first kappa shape index (κ1) is 39.2. The van der Waals surface area contributed by atoms with Crippen molar-refractivity contribution in [3.63, 3.8) is 0 Å². The lowest BCUT2D eigenvalue weighted by Crippen LogP contribution is -2.46. The summed E-state index contributed by atoms with van der Waals surface area (Å²) in [5, 5.41) is 21.1. The predicted molar refractivity (Wildman–Crippen MR) is 185 cm³/mol. The fraction of sp³-hybridized carbons (Fsp3) is 0.314. The molecule has 15 nitrogen and oxygen atoms in total. The number of aromatic nitrogens is 2. The molecule has 0 spiro atoms. The van der Waals surface area contributed by atoms with Crippen molar-refractivity contribution in [1.29, 1.82) is 0 Å². The second kappa shape index (κ2) is 15.6. The molecule has 0 fully saturated rings. The number of ether oxygens (including phenoxy) is 1. The van der Waals surface area contributed by atoms with Gasteiger partial charge in [0.05, 0.1) is 39.4 Å². The summed E-state index contributed by atoms with van der Waals surface area (Å²) in [5.41, 5.74) is 0.812. The molecular formula is C35H36F3N7O8S. The van der Waals surface area contributed by atoms with E-state index in [1.165, 1.54) is 38.2 Å². The third-order valence-corrected chi connectivity index (χ3v) is 10.2. The molecule has 5 rings (SSSR count). The Kier molecular flexibility index (Phi) is 11.3. The topological polar surface area (TPSA) is 179 Å². The van der Waals surface area contributed by atoms with Crippen LogP contribution in [-0.4, -0.2) is 76.9 Å². The molecule has 1 aliphatic heterocycles. The zero-order valence-corrected chi connectivity index (χ0v) is 30.5. The van der Waals surface area contributed by atoms with E-state index in [0.29, 0.717) is 12.0 Å². The molecule has 0 saturated heterocycles. The third-order valence-electron chi connectivity index (χ3n) is 8.85. The smallest absolute Gasteiger partial charge is 0.435 e. The highest BCUT2D eigenvalue weighted by atomic mass is 32.2. The number of aryl methyl sites for hydroxylation is 1. The van der Waals surface area contributed by atoms with Gasteiger partial charge in [0.15, 0.2) is 5.69 Å². The molecule has 54 heavy (non-hydrogen) atoms. The predicted octanol–water partition coefficient (Wildman–Crippen LogP) is 6.08. The number of rotatable bonds is 13. The highest BCUT2D eigenvalue weighted by Crippen LogP contribution is 2.33. The van der Waals surface area contributed by atoms with E-state index in [4.69, 9.17) is 9.57 Å². The van der Waals surface area contributed by atoms with Crippen molar-refractivity contribution < 1.29 is 50.5 Å². The molecule has 19 heteroatoms. The van der Waals surface area contributed by atoms with Crippen molar-refractivity contribution in [2.75, 3.05) is 13.7 Å². The number of likely N-dealkylation sites (N-methyl/N-ethyl adjacent to an activating group) is 1. The van der Waals surface area contributed by atoms with Gasteiger partial charge in [-0.2, -0.15) is 18.3 Å². The summed E-state index contributed by atoms with van der Waals surface area (Å²) in [7, 11) is -3.20. The number of halogens is 3. The average Bonchev–Trinajstić information content (AvgIpc) is 3.70. The Morgan fingerprint density at radius 2 is 1.61 bits per heavy atom. The normalized spacial score (nSPS) is 15.0. The molecule has 1 N–H and O–H groups in total. The fourth-order valence-electron chi connectivity index (χ4n) is 5.56. The van der Waals surface area contributed by atoms with Gasteiger partial charge in [-0.05, 0) is 62.2 Å². The zero-order chi connectivity index (χ0) is 39.5. The van der Waals surface area contributed by atoms with Gasteiger partial charge in [-0.3, -0.25) is 9.59 Å². The second-order valence-electron chi connectivity index (χ2n) is 12.5. The van der Waals surface area contributed by atoms with Crippen LogP contribution in [0.1, 0.15) is 59.2 Å². The Bertz CT molecular complexity index is 2140. The number of imide groups is 1. The number of carbonyl (C=O) groups excluding carboxylic acids is 3. The van der Waals surface area contributed by atoms with Crippen LogP contribution in [0.25, 0.3) is 16.9 Å². The maximum atomic E-state index is 13.6. The maximum absolute atomic E-state index is 13.6. The minimum Gasteiger partial charge on any atom is -0.569 e. The van der Waals surface area contributed by atoms with E-state index < -0.39 is 63.6 Å². The Morgan fingerprint density at radius 3 is 2.17 bits per heavy atom. The van der Waals surface area contributed by atoms with Crippen LogP contribution in [0, 0.1) is 18.0 Å². The molecule has 4 aromatic rings. The minimum atomic E-state index is -4.74. The number of nitrogens with one attached hydrogen (secondary N) is 1. The number of hydrazine groups is 1. The second-order valence-corrected chi connectivity index (χ2v) is 14.2. The highest BCUT2D eigenvalue weighted by molar-refractivity contribution is 7.90. The van der Waals surface area contributed by atoms with Gasteiger partial charge in [-0.25, -0.2) is 27.5 Å². The number of alkyl halides is 3. The number of carbonyl (C=O) groups is 3. The number of benzene rings is 3. The molecule has 286 valence electrons. The number of hydrogen-bond donors (Lipinski definition) is 1. The standard InChI is InChI=1S/C35H36F3N7O8S/c1-6-22(3)30(42(5)45(49)41-53-23(4)43-32(46)27-9-7-8-10-28(27)33(43)47)20-52-34(48)40-54(50,51)26-17-15-25(16-18-26)44-29(19-31(39-44)35(36,37)38)24-13-11-21(2)12-14-24/h7-19,22-23,30H,6,20H2,1-5H3,(H,40,48)/b45-41-/t22-,23?,30-/m1/s1. The maximum Gasteiger partial charge on any atom is 0.435 e. The first-order chi connectivity index (χ1) is 25.4. The van der Waals surface area contributed by atoms with Gasteiger partial charge < -0.3 is 14.8 Å². The first-order valence-electron chi connectivity index (χ1n) is 16.5. The number of hydrogen-bond acceptors (Lipinski definition) is 10. The van der Waals surface area contributed by atoms with Gasteiger partial charge in [-0.15, -0.1) is 5.01 Å². The van der Waals surface area contributed by atoms with E-state index in [0.717, 1.165) is 38.4 Å². The van der Waals surface area contributed by atoms with Crippen LogP contribution < -0.4 is 4.72 Å². The van der Waals surface area contributed by atoms with Crippen LogP contribution in [0.3, 0.4) is 0 Å². The average molecular weight is 772 g/mol. The largest absolute Gasteiger partial charge is 0.569 e. The molecule has 2 heterocycles. The molecule has 0 bridgehead atoms. The van der Waals surface area contributed by atoms with Gasteiger partial charge >= 0.3 is 12.3 Å². The van der Waals surface area contributed by atoms with E-state index in [-0.39, 0.29) is 33.4 Å². The minimum absolute atomic E-state index is 0.0482. The van der Waals surface area contributed by atoms with Crippen molar-refractivity contribution >= 4 is 27.9 Å². The van der Waals surface area contributed by atoms with Crippen LogP contribution >= 0.6 is 0 Å². The van der Waals surface area contributed by atoms with Gasteiger partial charge in [0.2, 0.25) is 11.5 Å². The van der Waals surface area contributed by atoms with Crippen LogP contribution in [0.5, 0.6) is 0 Å². The molecule has 3 amide bonds. The van der Waals surface area contributed by atoms with Crippen LogP contribution in [0.4, 0.5) is 18.0 Å². The number of amides is 3. The quantitative estimate of drug-likeness (QED) is 0.0725. The van der Waals surface area contributed by atoms with Crippen molar-refractivity contribution in [3.05, 3.63) is 106 Å². The lowest BCUT2D eigenvalue weighted by molar-refractivity contribution is -0.716. The Balaban J connectivity index is 1.23. The van der Waals surface area contributed by atoms with Crippen molar-refractivity contribution in [2.45, 2.75) is 57.5 Å². The molecule has 1 unspecified atom stereocenters. The molecule has 1 aromatic heterocycles. The number of fused-ring (bicyclic) bond motifs is 1. The molecular weight excluding hydrogens is 735 g/mol. The van der Waals surface area contributed by atoms with Gasteiger partial charge in [-0.1, -0.05) is 62.2 Å². The summed E-state index contributed by atoms with van der Waals surface area (Å²) in [6.45, 7) is 6.27. The zero-order valence-electron chi connectivity index (χ0n) is 29.6. The molecule has 3 atom stereocenters. The Morgan fingerprint density at radius 1 is 1.02 bits per heavy atom. The van der Waals surface area contributed by atoms with Gasteiger partial charge in [0.1, 0.15) is 12.6 Å². The fourth-order valence-corrected chi connectivity index (χ4v) is 6.45. The lowest BCUT2D eigenvalue weighted by atomic mass is 10.00. The molecule has 3 aromatic carbocycles. The number of sulfonamides is 1. The summed E-state index contributed by atoms with van der Waals surface area (Å²) in [6.07, 6.45) is -6.86. The summed E-state index contributed by atoms with van der Waals surface area (Å²) in [6, 6.07) is 17.6. The summed E-state index contributed by atoms with van der Waals surface area (Å²) < 4.78 is 74.9. The summed E-state index contributed by atoms with van der Waals surface area (Å²) in [5.74, 6) is -1.54. The molecule has 0 aliphatic carbocycles. The van der Waals surface area contributed by atoms with Crippen molar-refractivity contribution in [2.24, 2.45) is 11.2 Å². The molecule has 1 aliphatic rings. The van der Waals surface area contributed by atoms with Crippen LogP contribution in [0.15, 0.2) is 89.0 Å². The monoisotopic (exact) mass is 771 g/mol. The van der Waals surface area contributed by atoms with E-state index >= 15 is 0 Å². The van der Waals surface area contributed by atoms with Crippen molar-refractivity contribution in [3.8, 4) is 16.9 Å². The number of nitrogens with zero attached hydrogens (tertiary/aromatic N) is 6. The van der Waals surface area contributed by atoms with E-state index in [2.05, 4.69) is 10.4 Å². The Labute approximate surface area is 308 Å². The first-order valence-corrected chi connectivity index (χ1v) is 18.0. The third kappa shape index (κ3) is 8.30. The van der Waals surface area contributed by atoms with Gasteiger partial charge in [0.25, 0.3) is 21.8 Å². The van der Waals surface area contributed by atoms with Crippen LogP contribution in [0.2, 0.25) is 0 Å². The van der Waals surface area contributed by atoms with E-state index in [9.17, 15) is 41.2 Å². The highest BCUT2D eigenvalue weighted by Gasteiger charge is 2.40. The van der Waals surface area contributed by atoms with Crippen LogP contribution in [-0.2, 0) is 25.8 Å². The van der Waals surface area contributed by atoms with Gasteiger partial charge in [0, 0.05) is 5.56 Å².